The monoisotopic (exact) mass is 252 g/mol. The second kappa shape index (κ2) is 5.17. The molecule has 3 unspecified atom stereocenters. The summed E-state index contributed by atoms with van der Waals surface area (Å²) in [7, 11) is 0. The fourth-order valence-corrected chi connectivity index (χ4v) is 3.29. The van der Waals surface area contributed by atoms with Crippen LogP contribution in [0.3, 0.4) is 0 Å². The second-order valence-electron chi connectivity index (χ2n) is 6.22. The van der Waals surface area contributed by atoms with Crippen molar-refractivity contribution in [3.05, 3.63) is 0 Å². The molecule has 3 fully saturated rings. The number of carbonyl (C=O) groups is 1. The summed E-state index contributed by atoms with van der Waals surface area (Å²) in [5.41, 5.74) is 5.93. The van der Waals surface area contributed by atoms with Crippen molar-refractivity contribution in [2.24, 2.45) is 17.6 Å². The van der Waals surface area contributed by atoms with Gasteiger partial charge in [0.15, 0.2) is 0 Å². The maximum Gasteiger partial charge on any atom is 0.226 e. The summed E-state index contributed by atoms with van der Waals surface area (Å²) < 4.78 is 5.42. The molecule has 2 N–H and O–H groups in total. The van der Waals surface area contributed by atoms with E-state index in [-0.39, 0.29) is 12.0 Å². The smallest absolute Gasteiger partial charge is 0.226 e. The summed E-state index contributed by atoms with van der Waals surface area (Å²) in [6.07, 6.45) is 6.39. The summed E-state index contributed by atoms with van der Waals surface area (Å²) >= 11 is 0. The van der Waals surface area contributed by atoms with Crippen molar-refractivity contribution in [3.63, 3.8) is 0 Å². The van der Waals surface area contributed by atoms with E-state index in [0.717, 1.165) is 45.4 Å². The van der Waals surface area contributed by atoms with Crippen molar-refractivity contribution in [2.75, 3.05) is 19.8 Å². The fourth-order valence-electron chi connectivity index (χ4n) is 3.29. The van der Waals surface area contributed by atoms with Gasteiger partial charge < -0.3 is 15.4 Å². The van der Waals surface area contributed by atoms with Crippen molar-refractivity contribution in [2.45, 2.75) is 50.6 Å². The van der Waals surface area contributed by atoms with E-state index in [1.54, 1.807) is 0 Å². The molecule has 3 aliphatic rings. The van der Waals surface area contributed by atoms with E-state index in [1.165, 1.54) is 12.8 Å². The van der Waals surface area contributed by atoms with Crippen molar-refractivity contribution in [3.8, 4) is 0 Å². The van der Waals surface area contributed by atoms with E-state index in [1.807, 2.05) is 0 Å². The SMILES string of the molecule is NC1CCC(C(=O)N(CC2CCOC2)C2CC2)C1. The maximum absolute atomic E-state index is 12.6. The lowest BCUT2D eigenvalue weighted by Crippen LogP contribution is -2.41. The van der Waals surface area contributed by atoms with Crippen molar-refractivity contribution in [1.29, 1.82) is 0 Å². The Morgan fingerprint density at radius 1 is 1.22 bits per heavy atom. The van der Waals surface area contributed by atoms with Crippen molar-refractivity contribution < 1.29 is 9.53 Å². The van der Waals surface area contributed by atoms with Crippen LogP contribution in [0, 0.1) is 11.8 Å². The molecule has 1 saturated heterocycles. The van der Waals surface area contributed by atoms with Gasteiger partial charge in [-0.1, -0.05) is 0 Å². The van der Waals surface area contributed by atoms with Gasteiger partial charge in [-0.25, -0.2) is 0 Å². The molecule has 0 spiro atoms. The van der Waals surface area contributed by atoms with Gasteiger partial charge >= 0.3 is 0 Å². The quantitative estimate of drug-likeness (QED) is 0.816. The number of carbonyl (C=O) groups excluding carboxylic acids is 1. The molecule has 1 aliphatic heterocycles. The first-order valence-electron chi connectivity index (χ1n) is 7.38. The third kappa shape index (κ3) is 2.69. The molecule has 3 rings (SSSR count). The van der Waals surface area contributed by atoms with Crippen LogP contribution in [0.25, 0.3) is 0 Å². The molecule has 4 heteroatoms. The highest BCUT2D eigenvalue weighted by Gasteiger charge is 2.39. The molecule has 0 aromatic rings. The van der Waals surface area contributed by atoms with Crippen LogP contribution in [0.2, 0.25) is 0 Å². The van der Waals surface area contributed by atoms with Gasteiger partial charge in [-0.3, -0.25) is 4.79 Å². The lowest BCUT2D eigenvalue weighted by Gasteiger charge is -2.28. The first-order chi connectivity index (χ1) is 8.74. The highest BCUT2D eigenvalue weighted by Crippen LogP contribution is 2.33. The minimum atomic E-state index is 0.197. The van der Waals surface area contributed by atoms with Crippen LogP contribution in [-0.2, 0) is 9.53 Å². The van der Waals surface area contributed by atoms with Crippen LogP contribution >= 0.6 is 0 Å². The van der Waals surface area contributed by atoms with Crippen LogP contribution in [0.15, 0.2) is 0 Å². The molecule has 102 valence electrons. The van der Waals surface area contributed by atoms with E-state index in [9.17, 15) is 4.79 Å². The van der Waals surface area contributed by atoms with Gasteiger partial charge in [-0.15, -0.1) is 0 Å². The summed E-state index contributed by atoms with van der Waals surface area (Å²) in [5.74, 6) is 1.13. The zero-order valence-corrected chi connectivity index (χ0v) is 11.0. The van der Waals surface area contributed by atoms with Gasteiger partial charge in [0.25, 0.3) is 0 Å². The van der Waals surface area contributed by atoms with E-state index in [2.05, 4.69) is 4.90 Å². The van der Waals surface area contributed by atoms with Crippen LogP contribution in [0.4, 0.5) is 0 Å². The van der Waals surface area contributed by atoms with Gasteiger partial charge in [0, 0.05) is 37.1 Å². The van der Waals surface area contributed by atoms with Gasteiger partial charge in [-0.05, 0) is 38.5 Å². The molecule has 1 amide bonds. The molecule has 0 bridgehead atoms. The lowest BCUT2D eigenvalue weighted by atomic mass is 10.0. The Morgan fingerprint density at radius 2 is 2.06 bits per heavy atom. The van der Waals surface area contributed by atoms with Crippen LogP contribution < -0.4 is 5.73 Å². The minimum Gasteiger partial charge on any atom is -0.381 e. The molecule has 4 nitrogen and oxygen atoms in total. The second-order valence-corrected chi connectivity index (χ2v) is 6.22. The largest absolute Gasteiger partial charge is 0.381 e. The first kappa shape index (κ1) is 12.4. The Balaban J connectivity index is 1.59. The van der Waals surface area contributed by atoms with Gasteiger partial charge in [-0.2, -0.15) is 0 Å². The number of hydrogen-bond acceptors (Lipinski definition) is 3. The third-order valence-corrected chi connectivity index (χ3v) is 4.57. The molecule has 18 heavy (non-hydrogen) atoms. The number of nitrogens with two attached hydrogens (primary N) is 1. The summed E-state index contributed by atoms with van der Waals surface area (Å²) in [6.45, 7) is 2.61. The molecular weight excluding hydrogens is 228 g/mol. The van der Waals surface area contributed by atoms with Crippen LogP contribution in [0.5, 0.6) is 0 Å². The lowest BCUT2D eigenvalue weighted by molar-refractivity contribution is -0.136. The average molecular weight is 252 g/mol. The molecule has 0 aromatic carbocycles. The van der Waals surface area contributed by atoms with E-state index < -0.39 is 0 Å². The highest BCUT2D eigenvalue weighted by molar-refractivity contribution is 5.80. The number of ether oxygens (including phenoxy) is 1. The zero-order valence-electron chi connectivity index (χ0n) is 11.0. The summed E-state index contributed by atoms with van der Waals surface area (Å²) in [5, 5.41) is 0. The van der Waals surface area contributed by atoms with Crippen LogP contribution in [0.1, 0.15) is 38.5 Å². The molecule has 2 saturated carbocycles. The summed E-state index contributed by atoms with van der Waals surface area (Å²) in [6, 6.07) is 0.768. The van der Waals surface area contributed by atoms with E-state index >= 15 is 0 Å². The van der Waals surface area contributed by atoms with Gasteiger partial charge in [0.1, 0.15) is 0 Å². The number of nitrogens with zero attached hydrogens (tertiary/aromatic N) is 1. The molecule has 0 aromatic heterocycles. The molecule has 2 aliphatic carbocycles. The Hall–Kier alpha value is -0.610. The molecule has 0 radical (unpaired) electrons. The zero-order chi connectivity index (χ0) is 12.5. The average Bonchev–Trinajstić information content (AvgIpc) is 2.88. The number of hydrogen-bond donors (Lipinski definition) is 1. The molecular formula is C14H24N2O2. The van der Waals surface area contributed by atoms with Crippen molar-refractivity contribution >= 4 is 5.91 Å². The summed E-state index contributed by atoms with van der Waals surface area (Å²) in [4.78, 5) is 14.7. The van der Waals surface area contributed by atoms with Crippen molar-refractivity contribution in [1.82, 2.24) is 4.90 Å². The molecule has 3 atom stereocenters. The Labute approximate surface area is 109 Å². The minimum absolute atomic E-state index is 0.197. The Kier molecular flexibility index (Phi) is 3.57. The molecule has 1 heterocycles. The predicted octanol–water partition coefficient (Wildman–Crippen LogP) is 1.14. The fraction of sp³-hybridized carbons (Fsp3) is 0.929. The van der Waals surface area contributed by atoms with E-state index in [0.29, 0.717) is 17.9 Å². The third-order valence-electron chi connectivity index (χ3n) is 4.57. The van der Waals surface area contributed by atoms with Crippen LogP contribution in [-0.4, -0.2) is 42.6 Å². The van der Waals surface area contributed by atoms with Gasteiger partial charge in [0.05, 0.1) is 6.61 Å². The topological polar surface area (TPSA) is 55.6 Å². The first-order valence-corrected chi connectivity index (χ1v) is 7.38. The standard InChI is InChI=1S/C14H24N2O2/c15-12-2-1-11(7-12)14(17)16(13-3-4-13)8-10-5-6-18-9-10/h10-13H,1-9,15H2. The highest BCUT2D eigenvalue weighted by atomic mass is 16.5. The number of amides is 1. The maximum atomic E-state index is 12.6. The Bertz CT molecular complexity index is 311. The Morgan fingerprint density at radius 3 is 2.61 bits per heavy atom. The predicted molar refractivity (Wildman–Crippen MR) is 69.0 cm³/mol. The normalized spacial score (nSPS) is 35.9. The van der Waals surface area contributed by atoms with Gasteiger partial charge in [0.2, 0.25) is 5.91 Å². The van der Waals surface area contributed by atoms with E-state index in [4.69, 9.17) is 10.5 Å². The number of rotatable bonds is 4.